The van der Waals surface area contributed by atoms with Crippen LogP contribution in [0, 0.1) is 0 Å². The second-order valence-electron chi connectivity index (χ2n) is 10.3. The van der Waals surface area contributed by atoms with Crippen molar-refractivity contribution in [3.8, 4) is 5.75 Å². The Kier molecular flexibility index (Phi) is 8.13. The van der Waals surface area contributed by atoms with Crippen LogP contribution >= 0.6 is 0 Å². The van der Waals surface area contributed by atoms with Crippen LogP contribution in [0.1, 0.15) is 51.7 Å². The van der Waals surface area contributed by atoms with Crippen molar-refractivity contribution in [2.75, 3.05) is 6.61 Å². The summed E-state index contributed by atoms with van der Waals surface area (Å²) in [6, 6.07) is 17.3. The molecule has 1 heterocycles. The average Bonchev–Trinajstić information content (AvgIpc) is 2.75. The molecule has 0 aliphatic carbocycles. The van der Waals surface area contributed by atoms with Crippen molar-refractivity contribution in [1.82, 2.24) is 4.98 Å². The molecule has 3 rings (SSSR count). The number of nitrogens with zero attached hydrogens (tertiary/aromatic N) is 1. The fraction of sp³-hybridized carbons (Fsp3) is 0.464. The van der Waals surface area contributed by atoms with Gasteiger partial charge >= 0.3 is 0 Å². The summed E-state index contributed by atoms with van der Waals surface area (Å²) < 4.78 is 13.1. The van der Waals surface area contributed by atoms with E-state index in [4.69, 9.17) is 9.16 Å². The minimum absolute atomic E-state index is 0.0544. The highest BCUT2D eigenvalue weighted by Crippen LogP contribution is 2.38. The quantitative estimate of drug-likeness (QED) is 0.299. The largest absolute Gasteiger partial charge is 0.491 e. The molecule has 2 aromatic carbocycles. The Balaban J connectivity index is 1.71. The van der Waals surface area contributed by atoms with Crippen molar-refractivity contribution in [2.45, 2.75) is 77.6 Å². The van der Waals surface area contributed by atoms with E-state index >= 15 is 0 Å². The van der Waals surface area contributed by atoms with Crippen molar-refractivity contribution >= 4 is 19.1 Å². The number of hydrogen-bond acceptors (Lipinski definition) is 3. The Morgan fingerprint density at radius 1 is 0.938 bits per heavy atom. The molecular formula is C28H39NO2Si. The topological polar surface area (TPSA) is 31.4 Å². The summed E-state index contributed by atoms with van der Waals surface area (Å²) in [4.78, 5) is 4.25. The van der Waals surface area contributed by atoms with Crippen LogP contribution in [-0.4, -0.2) is 26.0 Å². The second kappa shape index (κ2) is 10.6. The predicted octanol–water partition coefficient (Wildman–Crippen LogP) is 7.59. The molecule has 0 bridgehead atoms. The van der Waals surface area contributed by atoms with Gasteiger partial charge in [0.1, 0.15) is 12.4 Å². The third kappa shape index (κ3) is 6.66. The lowest BCUT2D eigenvalue weighted by molar-refractivity contribution is 0.108. The smallest absolute Gasteiger partial charge is 0.192 e. The number of fused-ring (bicyclic) bond motifs is 1. The predicted molar refractivity (Wildman–Crippen MR) is 138 cm³/mol. The minimum Gasteiger partial charge on any atom is -0.491 e. The summed E-state index contributed by atoms with van der Waals surface area (Å²) in [5.41, 5.74) is 2.64. The van der Waals surface area contributed by atoms with Crippen LogP contribution in [0.2, 0.25) is 18.1 Å². The molecule has 1 aromatic heterocycles. The van der Waals surface area contributed by atoms with Gasteiger partial charge in [-0.1, -0.05) is 64.4 Å². The van der Waals surface area contributed by atoms with E-state index in [2.05, 4.69) is 88.2 Å². The van der Waals surface area contributed by atoms with E-state index < -0.39 is 8.32 Å². The first-order valence-corrected chi connectivity index (χ1v) is 14.8. The lowest BCUT2D eigenvalue weighted by atomic mass is 10.0. The third-order valence-electron chi connectivity index (χ3n) is 6.60. The Morgan fingerprint density at radius 3 is 2.38 bits per heavy atom. The molecular weight excluding hydrogens is 410 g/mol. The summed E-state index contributed by atoms with van der Waals surface area (Å²) in [5, 5.41) is 2.66. The maximum Gasteiger partial charge on any atom is 0.192 e. The van der Waals surface area contributed by atoms with E-state index in [1.54, 1.807) is 0 Å². The van der Waals surface area contributed by atoms with E-state index in [1.807, 2.05) is 18.5 Å². The summed E-state index contributed by atoms with van der Waals surface area (Å²) in [6.07, 6.45) is 7.97. The number of rotatable bonds is 10. The van der Waals surface area contributed by atoms with Crippen LogP contribution in [0.15, 0.2) is 60.9 Å². The molecule has 3 nitrogen and oxygen atoms in total. The van der Waals surface area contributed by atoms with Gasteiger partial charge in [-0.15, -0.1) is 0 Å². The zero-order valence-corrected chi connectivity index (χ0v) is 21.7. The van der Waals surface area contributed by atoms with Crippen LogP contribution < -0.4 is 4.74 Å². The molecule has 0 aliphatic rings. The number of hydrogen-bond donors (Lipinski definition) is 0. The number of ether oxygens (including phenoxy) is 1. The van der Waals surface area contributed by atoms with E-state index in [0.29, 0.717) is 6.61 Å². The molecule has 0 aliphatic heterocycles. The summed E-state index contributed by atoms with van der Waals surface area (Å²) in [5.74, 6) is 0.908. The SMILES string of the molecule is CCCc1ccc2cc(OC[C@@H](CCc3cccnc3)O[Si](C)(C)C(C)(C)C)ccc2c1. The van der Waals surface area contributed by atoms with Gasteiger partial charge in [-0.25, -0.2) is 0 Å². The van der Waals surface area contributed by atoms with E-state index in [-0.39, 0.29) is 11.1 Å². The average molecular weight is 450 g/mol. The molecule has 1 atom stereocenters. The number of benzene rings is 2. The summed E-state index contributed by atoms with van der Waals surface area (Å²) in [7, 11) is -1.90. The number of aryl methyl sites for hydroxylation is 2. The van der Waals surface area contributed by atoms with Gasteiger partial charge in [0.05, 0.1) is 6.10 Å². The first-order valence-electron chi connectivity index (χ1n) is 11.9. The normalized spacial score (nSPS) is 13.3. The zero-order valence-electron chi connectivity index (χ0n) is 20.7. The molecule has 0 saturated heterocycles. The standard InChI is InChI=1S/C28H39NO2Si/c1-7-9-22-11-13-25-19-26(16-14-24(25)18-22)30-21-27(31-32(5,6)28(2,3)4)15-12-23-10-8-17-29-20-23/h8,10-11,13-14,16-20,27H,7,9,12,15,21H2,1-6H3/t27-/m1/s1. The van der Waals surface area contributed by atoms with Crippen molar-refractivity contribution < 1.29 is 9.16 Å². The first kappa shape index (κ1) is 24.5. The minimum atomic E-state index is -1.90. The van der Waals surface area contributed by atoms with Crippen molar-refractivity contribution in [3.05, 3.63) is 72.1 Å². The molecule has 4 heteroatoms. The Bertz CT molecular complexity index is 995. The third-order valence-corrected chi connectivity index (χ3v) is 11.1. The van der Waals surface area contributed by atoms with Gasteiger partial charge in [-0.3, -0.25) is 4.98 Å². The molecule has 32 heavy (non-hydrogen) atoms. The maximum absolute atomic E-state index is 6.77. The Labute approximate surface area is 195 Å². The molecule has 3 aromatic rings. The highest BCUT2D eigenvalue weighted by molar-refractivity contribution is 6.74. The fourth-order valence-electron chi connectivity index (χ4n) is 3.64. The highest BCUT2D eigenvalue weighted by atomic mass is 28.4. The molecule has 0 N–H and O–H groups in total. The maximum atomic E-state index is 6.77. The summed E-state index contributed by atoms with van der Waals surface area (Å²) in [6.45, 7) is 14.3. The summed E-state index contributed by atoms with van der Waals surface area (Å²) >= 11 is 0. The highest BCUT2D eigenvalue weighted by Gasteiger charge is 2.39. The van der Waals surface area contributed by atoms with Gasteiger partial charge in [0, 0.05) is 12.4 Å². The van der Waals surface area contributed by atoms with Gasteiger partial charge in [0.25, 0.3) is 0 Å². The van der Waals surface area contributed by atoms with E-state index in [9.17, 15) is 0 Å². The lowest BCUT2D eigenvalue weighted by Gasteiger charge is -2.39. The van der Waals surface area contributed by atoms with Crippen LogP contribution in [0.4, 0.5) is 0 Å². The van der Waals surface area contributed by atoms with E-state index in [1.165, 1.54) is 28.3 Å². The fourth-order valence-corrected chi connectivity index (χ4v) is 5.01. The number of pyridine rings is 1. The zero-order chi connectivity index (χ0) is 23.2. The Morgan fingerprint density at radius 2 is 1.69 bits per heavy atom. The molecule has 0 amide bonds. The molecule has 0 spiro atoms. The second-order valence-corrected chi connectivity index (χ2v) is 15.1. The lowest BCUT2D eigenvalue weighted by Crippen LogP contribution is -2.45. The van der Waals surface area contributed by atoms with Crippen molar-refractivity contribution in [2.24, 2.45) is 0 Å². The van der Waals surface area contributed by atoms with Gasteiger partial charge in [0.15, 0.2) is 8.32 Å². The molecule has 0 unspecified atom stereocenters. The Hall–Kier alpha value is -2.17. The molecule has 0 fully saturated rings. The molecule has 0 radical (unpaired) electrons. The van der Waals surface area contributed by atoms with Gasteiger partial charge in [-0.2, -0.15) is 0 Å². The number of aromatic nitrogens is 1. The monoisotopic (exact) mass is 449 g/mol. The van der Waals surface area contributed by atoms with Crippen LogP contribution in [0.3, 0.4) is 0 Å². The van der Waals surface area contributed by atoms with Crippen LogP contribution in [-0.2, 0) is 17.3 Å². The molecule has 0 saturated carbocycles. The first-order chi connectivity index (χ1) is 15.2. The van der Waals surface area contributed by atoms with Gasteiger partial charge in [-0.05, 0) is 77.5 Å². The van der Waals surface area contributed by atoms with Crippen LogP contribution in [0.25, 0.3) is 10.8 Å². The van der Waals surface area contributed by atoms with Crippen molar-refractivity contribution in [3.63, 3.8) is 0 Å². The van der Waals surface area contributed by atoms with Gasteiger partial charge < -0.3 is 9.16 Å². The van der Waals surface area contributed by atoms with Gasteiger partial charge in [0.2, 0.25) is 0 Å². The van der Waals surface area contributed by atoms with Crippen LogP contribution in [0.5, 0.6) is 5.75 Å². The van der Waals surface area contributed by atoms with Crippen molar-refractivity contribution in [1.29, 1.82) is 0 Å². The molecule has 172 valence electrons. The van der Waals surface area contributed by atoms with E-state index in [0.717, 1.165) is 25.0 Å².